The van der Waals surface area contributed by atoms with Crippen LogP contribution in [0.15, 0.2) is 12.4 Å². The van der Waals surface area contributed by atoms with Gasteiger partial charge in [-0.2, -0.15) is 5.10 Å². The average Bonchev–Trinajstić information content (AvgIpc) is 2.70. The van der Waals surface area contributed by atoms with Crippen molar-refractivity contribution in [1.29, 1.82) is 0 Å². The second kappa shape index (κ2) is 6.78. The monoisotopic (exact) mass is 253 g/mol. The Hall–Kier alpha value is -1.85. The molecule has 0 saturated carbocycles. The van der Waals surface area contributed by atoms with Crippen LogP contribution in [0.1, 0.15) is 31.7 Å². The lowest BCUT2D eigenvalue weighted by molar-refractivity contribution is -0.137. The maximum absolute atomic E-state index is 11.6. The Balaban J connectivity index is 2.22. The molecular weight excluding hydrogens is 234 g/mol. The molecule has 0 spiro atoms. The van der Waals surface area contributed by atoms with E-state index in [1.807, 2.05) is 20.2 Å². The van der Waals surface area contributed by atoms with Crippen LogP contribution in [0.25, 0.3) is 0 Å². The van der Waals surface area contributed by atoms with Gasteiger partial charge >= 0.3 is 5.97 Å². The Morgan fingerprint density at radius 1 is 1.50 bits per heavy atom. The number of aromatic nitrogens is 2. The lowest BCUT2D eigenvalue weighted by atomic mass is 10.1. The number of amides is 1. The summed E-state index contributed by atoms with van der Waals surface area (Å²) in [6.45, 7) is 1.81. The SMILES string of the molecule is CC(CCC(=O)O)NC(=O)CCc1cnn(C)c1. The molecule has 100 valence electrons. The second-order valence-electron chi connectivity index (χ2n) is 4.42. The number of rotatable bonds is 7. The molecule has 2 N–H and O–H groups in total. The summed E-state index contributed by atoms with van der Waals surface area (Å²) in [5.74, 6) is -0.900. The van der Waals surface area contributed by atoms with E-state index >= 15 is 0 Å². The summed E-state index contributed by atoms with van der Waals surface area (Å²) in [5.41, 5.74) is 1.02. The zero-order valence-corrected chi connectivity index (χ0v) is 10.7. The summed E-state index contributed by atoms with van der Waals surface area (Å²) in [4.78, 5) is 22.0. The lowest BCUT2D eigenvalue weighted by Gasteiger charge is -2.12. The Morgan fingerprint density at radius 2 is 2.22 bits per heavy atom. The van der Waals surface area contributed by atoms with Crippen molar-refractivity contribution in [3.05, 3.63) is 18.0 Å². The van der Waals surface area contributed by atoms with Gasteiger partial charge in [0.2, 0.25) is 5.91 Å². The highest BCUT2D eigenvalue weighted by molar-refractivity contribution is 5.76. The number of nitrogens with zero attached hydrogens (tertiary/aromatic N) is 2. The molecule has 1 aromatic heterocycles. The van der Waals surface area contributed by atoms with E-state index in [0.717, 1.165) is 5.56 Å². The number of hydrogen-bond donors (Lipinski definition) is 2. The largest absolute Gasteiger partial charge is 0.481 e. The fourth-order valence-electron chi connectivity index (χ4n) is 1.62. The van der Waals surface area contributed by atoms with Crippen molar-refractivity contribution >= 4 is 11.9 Å². The van der Waals surface area contributed by atoms with Crippen molar-refractivity contribution < 1.29 is 14.7 Å². The van der Waals surface area contributed by atoms with Gasteiger partial charge < -0.3 is 10.4 Å². The topological polar surface area (TPSA) is 84.2 Å². The number of carbonyl (C=O) groups excluding carboxylic acids is 1. The van der Waals surface area contributed by atoms with Gasteiger partial charge in [-0.05, 0) is 25.3 Å². The highest BCUT2D eigenvalue weighted by Gasteiger charge is 2.09. The zero-order chi connectivity index (χ0) is 13.5. The number of hydrogen-bond acceptors (Lipinski definition) is 3. The van der Waals surface area contributed by atoms with E-state index in [1.165, 1.54) is 0 Å². The van der Waals surface area contributed by atoms with Gasteiger partial charge in [-0.15, -0.1) is 0 Å². The first-order valence-electron chi connectivity index (χ1n) is 5.96. The van der Waals surface area contributed by atoms with Crippen LogP contribution in [0.4, 0.5) is 0 Å². The maximum Gasteiger partial charge on any atom is 0.303 e. The third-order valence-corrected chi connectivity index (χ3v) is 2.60. The standard InChI is InChI=1S/C12H19N3O3/c1-9(3-6-12(17)18)14-11(16)5-4-10-7-13-15(2)8-10/h7-9H,3-6H2,1-2H3,(H,14,16)(H,17,18). The van der Waals surface area contributed by atoms with Gasteiger partial charge in [0.05, 0.1) is 6.20 Å². The van der Waals surface area contributed by atoms with Gasteiger partial charge in [0.1, 0.15) is 0 Å². The molecular formula is C12H19N3O3. The molecule has 0 aliphatic rings. The molecule has 0 aromatic carbocycles. The average molecular weight is 253 g/mol. The fourth-order valence-corrected chi connectivity index (χ4v) is 1.62. The molecule has 1 rings (SSSR count). The summed E-state index contributed by atoms with van der Waals surface area (Å²) in [5, 5.41) is 15.3. The zero-order valence-electron chi connectivity index (χ0n) is 10.7. The Morgan fingerprint density at radius 3 is 2.78 bits per heavy atom. The Labute approximate surface area is 106 Å². The van der Waals surface area contributed by atoms with Crippen molar-refractivity contribution in [2.45, 2.75) is 38.6 Å². The van der Waals surface area contributed by atoms with Crippen molar-refractivity contribution in [3.8, 4) is 0 Å². The van der Waals surface area contributed by atoms with Crippen LogP contribution in [0.5, 0.6) is 0 Å². The minimum atomic E-state index is -0.841. The van der Waals surface area contributed by atoms with Gasteiger partial charge in [0.15, 0.2) is 0 Å². The van der Waals surface area contributed by atoms with Crippen LogP contribution in [0.3, 0.4) is 0 Å². The van der Waals surface area contributed by atoms with Crippen LogP contribution in [-0.4, -0.2) is 32.8 Å². The summed E-state index contributed by atoms with van der Waals surface area (Å²) >= 11 is 0. The minimum absolute atomic E-state index is 0.0586. The second-order valence-corrected chi connectivity index (χ2v) is 4.42. The van der Waals surface area contributed by atoms with Crippen molar-refractivity contribution in [2.24, 2.45) is 7.05 Å². The predicted molar refractivity (Wildman–Crippen MR) is 66.0 cm³/mol. The van der Waals surface area contributed by atoms with Gasteiger partial charge in [0, 0.05) is 32.1 Å². The third kappa shape index (κ3) is 5.47. The number of carbonyl (C=O) groups is 2. The lowest BCUT2D eigenvalue weighted by Crippen LogP contribution is -2.33. The first-order valence-corrected chi connectivity index (χ1v) is 5.96. The van der Waals surface area contributed by atoms with Crippen molar-refractivity contribution in [2.75, 3.05) is 0 Å². The maximum atomic E-state index is 11.6. The van der Waals surface area contributed by atoms with Crippen LogP contribution < -0.4 is 5.32 Å². The highest BCUT2D eigenvalue weighted by Crippen LogP contribution is 2.02. The molecule has 1 heterocycles. The first-order chi connectivity index (χ1) is 8.47. The number of carboxylic acids is 1. The van der Waals surface area contributed by atoms with Gasteiger partial charge in [-0.3, -0.25) is 14.3 Å². The third-order valence-electron chi connectivity index (χ3n) is 2.60. The van der Waals surface area contributed by atoms with Crippen LogP contribution >= 0.6 is 0 Å². The van der Waals surface area contributed by atoms with E-state index in [1.54, 1.807) is 10.9 Å². The molecule has 6 nitrogen and oxygen atoms in total. The molecule has 0 radical (unpaired) electrons. The van der Waals surface area contributed by atoms with Gasteiger partial charge in [0.25, 0.3) is 0 Å². The summed E-state index contributed by atoms with van der Waals surface area (Å²) in [7, 11) is 1.83. The minimum Gasteiger partial charge on any atom is -0.481 e. The molecule has 6 heteroatoms. The molecule has 1 atom stereocenters. The predicted octanol–water partition coefficient (Wildman–Crippen LogP) is 0.722. The quantitative estimate of drug-likeness (QED) is 0.750. The number of nitrogens with one attached hydrogen (secondary N) is 1. The molecule has 0 bridgehead atoms. The molecule has 1 unspecified atom stereocenters. The van der Waals surface area contributed by atoms with E-state index < -0.39 is 5.97 Å². The van der Waals surface area contributed by atoms with Crippen LogP contribution in [0.2, 0.25) is 0 Å². The van der Waals surface area contributed by atoms with E-state index in [2.05, 4.69) is 10.4 Å². The van der Waals surface area contributed by atoms with E-state index in [9.17, 15) is 9.59 Å². The van der Waals surface area contributed by atoms with E-state index in [4.69, 9.17) is 5.11 Å². The number of carboxylic acid groups (broad SMARTS) is 1. The van der Waals surface area contributed by atoms with Crippen molar-refractivity contribution in [1.82, 2.24) is 15.1 Å². The summed E-state index contributed by atoms with van der Waals surface area (Å²) in [6, 6.07) is -0.109. The first kappa shape index (κ1) is 14.2. The summed E-state index contributed by atoms with van der Waals surface area (Å²) < 4.78 is 1.70. The smallest absolute Gasteiger partial charge is 0.303 e. The molecule has 0 saturated heterocycles. The summed E-state index contributed by atoms with van der Waals surface area (Å²) in [6.07, 6.45) is 5.18. The molecule has 0 aliphatic heterocycles. The number of aliphatic carboxylic acids is 1. The Bertz CT molecular complexity index is 414. The number of aryl methyl sites for hydroxylation is 2. The molecule has 0 aliphatic carbocycles. The molecule has 0 fully saturated rings. The van der Waals surface area contributed by atoms with Crippen LogP contribution in [-0.2, 0) is 23.1 Å². The van der Waals surface area contributed by atoms with Crippen LogP contribution in [0, 0.1) is 0 Å². The van der Waals surface area contributed by atoms with Crippen molar-refractivity contribution in [3.63, 3.8) is 0 Å². The fraction of sp³-hybridized carbons (Fsp3) is 0.583. The highest BCUT2D eigenvalue weighted by atomic mass is 16.4. The van der Waals surface area contributed by atoms with E-state index in [-0.39, 0.29) is 18.4 Å². The molecule has 18 heavy (non-hydrogen) atoms. The van der Waals surface area contributed by atoms with E-state index in [0.29, 0.717) is 19.3 Å². The Kier molecular flexibility index (Phi) is 5.35. The molecule has 1 aromatic rings. The molecule has 1 amide bonds. The van der Waals surface area contributed by atoms with Gasteiger partial charge in [-0.1, -0.05) is 0 Å². The van der Waals surface area contributed by atoms with Gasteiger partial charge in [-0.25, -0.2) is 0 Å². The normalized spacial score (nSPS) is 12.1.